The molecule has 1 unspecified atom stereocenters. The second kappa shape index (κ2) is 10.8. The Balaban J connectivity index is 4.26. The van der Waals surface area contributed by atoms with Gasteiger partial charge in [-0.05, 0) is 6.42 Å². The van der Waals surface area contributed by atoms with E-state index in [1.807, 2.05) is 0 Å². The Morgan fingerprint density at radius 2 is 1.52 bits per heavy atom. The minimum absolute atomic E-state index is 0.0159. The van der Waals surface area contributed by atoms with Gasteiger partial charge in [-0.3, -0.25) is 9.59 Å². The van der Waals surface area contributed by atoms with Gasteiger partial charge in [0.1, 0.15) is 18.3 Å². The van der Waals surface area contributed by atoms with Crippen LogP contribution in [-0.4, -0.2) is 68.1 Å². The van der Waals surface area contributed by atoms with E-state index in [1.54, 1.807) is 0 Å². The van der Waals surface area contributed by atoms with E-state index < -0.39 is 42.6 Å². The maximum Gasteiger partial charge on any atom is 0.199 e. The minimum atomic E-state index is -2.12. The molecule has 124 valence electrons. The lowest BCUT2D eigenvalue weighted by Gasteiger charge is -2.22. The number of aliphatic hydroxyl groups excluding tert-OH is 5. The van der Waals surface area contributed by atoms with Crippen LogP contribution in [0.4, 0.5) is 0 Å². The Morgan fingerprint density at radius 1 is 0.952 bits per heavy atom. The predicted octanol–water partition coefficient (Wildman–Crippen LogP) is -1.08. The Kier molecular flexibility index (Phi) is 10.4. The highest BCUT2D eigenvalue weighted by Gasteiger charge is 2.36. The van der Waals surface area contributed by atoms with E-state index in [2.05, 4.69) is 6.92 Å². The predicted molar refractivity (Wildman–Crippen MR) is 74.5 cm³/mol. The number of ketones is 2. The summed E-state index contributed by atoms with van der Waals surface area (Å²) in [6.07, 6.45) is -3.35. The molecular weight excluding hydrogens is 280 g/mol. The molecule has 0 aromatic heterocycles. The lowest BCUT2D eigenvalue weighted by molar-refractivity contribution is -0.153. The van der Waals surface area contributed by atoms with Crippen LogP contribution in [0.15, 0.2) is 0 Å². The van der Waals surface area contributed by atoms with Crippen LogP contribution in [0, 0.1) is 0 Å². The molecule has 7 nitrogen and oxygen atoms in total. The smallest absolute Gasteiger partial charge is 0.199 e. The van der Waals surface area contributed by atoms with Crippen LogP contribution in [0.1, 0.15) is 45.4 Å². The van der Waals surface area contributed by atoms with E-state index >= 15 is 0 Å². The van der Waals surface area contributed by atoms with Gasteiger partial charge in [0.05, 0.1) is 6.61 Å². The largest absolute Gasteiger partial charge is 0.394 e. The zero-order valence-corrected chi connectivity index (χ0v) is 12.3. The monoisotopic (exact) mass is 306 g/mol. The highest BCUT2D eigenvalue weighted by Crippen LogP contribution is 2.09. The van der Waals surface area contributed by atoms with Gasteiger partial charge in [0.15, 0.2) is 17.7 Å². The topological polar surface area (TPSA) is 135 Å². The molecule has 0 saturated carbocycles. The van der Waals surface area contributed by atoms with E-state index in [0.29, 0.717) is 6.42 Å². The maximum absolute atomic E-state index is 11.6. The first-order chi connectivity index (χ1) is 9.86. The van der Waals surface area contributed by atoms with Crippen molar-refractivity contribution in [3.05, 3.63) is 0 Å². The van der Waals surface area contributed by atoms with Crippen molar-refractivity contribution in [3.63, 3.8) is 0 Å². The number of hydrogen-bond donors (Lipinski definition) is 5. The second-order valence-corrected chi connectivity index (χ2v) is 5.12. The van der Waals surface area contributed by atoms with Crippen LogP contribution in [0.5, 0.6) is 0 Å². The number of hydrogen-bond acceptors (Lipinski definition) is 7. The summed E-state index contributed by atoms with van der Waals surface area (Å²) in [6.45, 7) is 1.20. The number of Topliss-reactive ketones (excluding diaryl/α,β-unsaturated/α-hetero) is 2. The SMILES string of the molecule is CCCCCCCC(=O)C(O)C(=O)[C@@H](O)[C@H](O)[C@H](O)CO. The third-order valence-electron chi connectivity index (χ3n) is 3.30. The van der Waals surface area contributed by atoms with E-state index in [0.717, 1.165) is 25.7 Å². The summed E-state index contributed by atoms with van der Waals surface area (Å²) in [7, 11) is 0. The summed E-state index contributed by atoms with van der Waals surface area (Å²) in [5.74, 6) is -1.99. The molecule has 0 bridgehead atoms. The quantitative estimate of drug-likeness (QED) is 0.228. The maximum atomic E-state index is 11.6. The number of rotatable bonds is 12. The number of aliphatic hydroxyl groups is 5. The molecule has 5 N–H and O–H groups in total. The molecule has 0 aromatic carbocycles. The fraction of sp³-hybridized carbons (Fsp3) is 0.857. The molecule has 0 aliphatic carbocycles. The molecule has 0 aliphatic heterocycles. The van der Waals surface area contributed by atoms with Crippen LogP contribution in [0.25, 0.3) is 0 Å². The summed E-state index contributed by atoms with van der Waals surface area (Å²) >= 11 is 0. The fourth-order valence-corrected chi connectivity index (χ4v) is 1.85. The summed E-state index contributed by atoms with van der Waals surface area (Å²) < 4.78 is 0. The molecule has 4 atom stereocenters. The molecule has 0 heterocycles. The molecule has 7 heteroatoms. The lowest BCUT2D eigenvalue weighted by atomic mass is 9.96. The van der Waals surface area contributed by atoms with Crippen molar-refractivity contribution in [1.82, 2.24) is 0 Å². The van der Waals surface area contributed by atoms with Gasteiger partial charge in [-0.15, -0.1) is 0 Å². The fourth-order valence-electron chi connectivity index (χ4n) is 1.85. The molecule has 21 heavy (non-hydrogen) atoms. The van der Waals surface area contributed by atoms with Crippen molar-refractivity contribution in [2.75, 3.05) is 6.61 Å². The van der Waals surface area contributed by atoms with Crippen LogP contribution in [0.3, 0.4) is 0 Å². The van der Waals surface area contributed by atoms with Gasteiger partial charge in [-0.2, -0.15) is 0 Å². The number of unbranched alkanes of at least 4 members (excludes halogenated alkanes) is 4. The average molecular weight is 306 g/mol. The average Bonchev–Trinajstić information content (AvgIpc) is 2.50. The Labute approximate surface area is 124 Å². The zero-order valence-electron chi connectivity index (χ0n) is 12.3. The zero-order chi connectivity index (χ0) is 16.4. The standard InChI is InChI=1S/C14H26O7/c1-2-3-4-5-6-7-9(16)11(18)13(20)14(21)12(19)10(17)8-15/h10-12,14-15,17-19,21H,2-8H2,1H3/t10-,11?,12-,14+/m1/s1. The van der Waals surface area contributed by atoms with Crippen molar-refractivity contribution in [3.8, 4) is 0 Å². The van der Waals surface area contributed by atoms with Crippen molar-refractivity contribution in [2.45, 2.75) is 69.9 Å². The van der Waals surface area contributed by atoms with Crippen molar-refractivity contribution in [2.24, 2.45) is 0 Å². The van der Waals surface area contributed by atoms with Gasteiger partial charge in [0.2, 0.25) is 0 Å². The Hall–Kier alpha value is -0.860. The summed E-state index contributed by atoms with van der Waals surface area (Å²) in [4.78, 5) is 23.2. The van der Waals surface area contributed by atoms with E-state index in [4.69, 9.17) is 10.2 Å². The van der Waals surface area contributed by atoms with Gasteiger partial charge in [-0.25, -0.2) is 0 Å². The van der Waals surface area contributed by atoms with E-state index in [9.17, 15) is 24.9 Å². The minimum Gasteiger partial charge on any atom is -0.394 e. The number of carbonyl (C=O) groups is 2. The van der Waals surface area contributed by atoms with Gasteiger partial charge in [0, 0.05) is 6.42 Å². The lowest BCUT2D eigenvalue weighted by Crippen LogP contribution is -2.49. The van der Waals surface area contributed by atoms with Crippen LogP contribution in [0.2, 0.25) is 0 Å². The molecule has 0 fully saturated rings. The summed E-state index contributed by atoms with van der Waals surface area (Å²) in [5.41, 5.74) is 0. The first-order valence-corrected chi connectivity index (χ1v) is 7.26. The van der Waals surface area contributed by atoms with E-state index in [1.165, 1.54) is 0 Å². The van der Waals surface area contributed by atoms with Gasteiger partial charge < -0.3 is 25.5 Å². The van der Waals surface area contributed by atoms with Crippen molar-refractivity contribution >= 4 is 11.6 Å². The molecule has 0 amide bonds. The van der Waals surface area contributed by atoms with Gasteiger partial charge >= 0.3 is 0 Å². The van der Waals surface area contributed by atoms with Crippen LogP contribution >= 0.6 is 0 Å². The van der Waals surface area contributed by atoms with Gasteiger partial charge in [-0.1, -0.05) is 32.6 Å². The van der Waals surface area contributed by atoms with E-state index in [-0.39, 0.29) is 6.42 Å². The van der Waals surface area contributed by atoms with Crippen LogP contribution in [-0.2, 0) is 9.59 Å². The molecule has 0 radical (unpaired) electrons. The summed E-state index contributed by atoms with van der Waals surface area (Å²) in [5, 5.41) is 46.1. The second-order valence-electron chi connectivity index (χ2n) is 5.12. The first kappa shape index (κ1) is 20.1. The molecule has 0 rings (SSSR count). The normalized spacial score (nSPS) is 17.0. The molecular formula is C14H26O7. The Bertz CT molecular complexity index is 318. The number of carbonyl (C=O) groups excluding carboxylic acids is 2. The third kappa shape index (κ3) is 7.10. The van der Waals surface area contributed by atoms with Crippen LogP contribution < -0.4 is 0 Å². The highest BCUT2D eigenvalue weighted by molar-refractivity contribution is 6.06. The van der Waals surface area contributed by atoms with Crippen molar-refractivity contribution in [1.29, 1.82) is 0 Å². The first-order valence-electron chi connectivity index (χ1n) is 7.26. The summed E-state index contributed by atoms with van der Waals surface area (Å²) in [6, 6.07) is 0. The molecule has 0 spiro atoms. The molecule has 0 aromatic rings. The van der Waals surface area contributed by atoms with Gasteiger partial charge in [0.25, 0.3) is 0 Å². The highest BCUT2D eigenvalue weighted by atomic mass is 16.4. The third-order valence-corrected chi connectivity index (χ3v) is 3.30. The molecule has 0 aliphatic rings. The molecule has 0 saturated heterocycles. The Morgan fingerprint density at radius 3 is 2.05 bits per heavy atom. The van der Waals surface area contributed by atoms with Crippen molar-refractivity contribution < 1.29 is 35.1 Å².